The fourth-order valence-electron chi connectivity index (χ4n) is 1.88. The van der Waals surface area contributed by atoms with Crippen molar-refractivity contribution in [2.75, 3.05) is 33.9 Å². The highest BCUT2D eigenvalue weighted by molar-refractivity contribution is 5.78. The fraction of sp³-hybridized carbons (Fsp3) is 0.667. The normalized spacial score (nSPS) is 16.2. The van der Waals surface area contributed by atoms with Crippen LogP contribution in [0.15, 0.2) is 12.7 Å². The Morgan fingerprint density at radius 2 is 2.06 bits per heavy atom. The van der Waals surface area contributed by atoms with Gasteiger partial charge in [0.05, 0.1) is 7.11 Å². The van der Waals surface area contributed by atoms with Crippen molar-refractivity contribution in [2.24, 2.45) is 5.92 Å². The van der Waals surface area contributed by atoms with Gasteiger partial charge in [0.15, 0.2) is 0 Å². The molecule has 6 heteroatoms. The molecule has 1 fully saturated rings. The van der Waals surface area contributed by atoms with Crippen LogP contribution < -0.4 is 0 Å². The maximum Gasteiger partial charge on any atom is 0.410 e. The summed E-state index contributed by atoms with van der Waals surface area (Å²) < 4.78 is 4.94. The molecule has 0 aromatic rings. The summed E-state index contributed by atoms with van der Waals surface area (Å²) in [5.74, 6) is -0.130. The summed E-state index contributed by atoms with van der Waals surface area (Å²) in [4.78, 5) is 29.9. The first-order valence-electron chi connectivity index (χ1n) is 5.94. The molecule has 2 amide bonds. The van der Waals surface area contributed by atoms with Gasteiger partial charge in [-0.3, -0.25) is 9.63 Å². The third kappa shape index (κ3) is 3.73. The van der Waals surface area contributed by atoms with Gasteiger partial charge in [-0.25, -0.2) is 9.86 Å². The van der Waals surface area contributed by atoms with E-state index in [4.69, 9.17) is 9.57 Å². The molecule has 18 heavy (non-hydrogen) atoms. The van der Waals surface area contributed by atoms with Crippen molar-refractivity contribution >= 4 is 12.0 Å². The van der Waals surface area contributed by atoms with Gasteiger partial charge in [-0.2, -0.15) is 0 Å². The predicted molar refractivity (Wildman–Crippen MR) is 65.6 cm³/mol. The summed E-state index contributed by atoms with van der Waals surface area (Å²) >= 11 is 0. The Morgan fingerprint density at radius 1 is 1.44 bits per heavy atom. The number of hydroxylamine groups is 2. The van der Waals surface area contributed by atoms with E-state index in [0.29, 0.717) is 25.9 Å². The Bertz CT molecular complexity index is 311. The number of hydrogen-bond acceptors (Lipinski definition) is 4. The zero-order valence-electron chi connectivity index (χ0n) is 10.9. The van der Waals surface area contributed by atoms with Gasteiger partial charge >= 0.3 is 6.09 Å². The van der Waals surface area contributed by atoms with Crippen molar-refractivity contribution in [2.45, 2.75) is 12.8 Å². The van der Waals surface area contributed by atoms with Crippen molar-refractivity contribution < 1.29 is 19.2 Å². The number of ether oxygens (including phenoxy) is 1. The smallest absolute Gasteiger partial charge is 0.410 e. The van der Waals surface area contributed by atoms with Crippen molar-refractivity contribution in [3.05, 3.63) is 12.7 Å². The number of rotatable bonds is 4. The molecule has 0 bridgehead atoms. The number of carbonyl (C=O) groups is 2. The number of likely N-dealkylation sites (tertiary alicyclic amines) is 1. The van der Waals surface area contributed by atoms with Crippen molar-refractivity contribution in [1.82, 2.24) is 9.96 Å². The second-order valence-electron chi connectivity index (χ2n) is 4.15. The molecule has 0 radical (unpaired) electrons. The van der Waals surface area contributed by atoms with E-state index < -0.39 is 0 Å². The average molecular weight is 256 g/mol. The largest absolute Gasteiger partial charge is 0.445 e. The van der Waals surface area contributed by atoms with Crippen LogP contribution in [-0.4, -0.2) is 55.8 Å². The number of nitrogens with zero attached hydrogens (tertiary/aromatic N) is 2. The van der Waals surface area contributed by atoms with Gasteiger partial charge in [0, 0.05) is 26.1 Å². The lowest BCUT2D eigenvalue weighted by molar-refractivity contribution is -0.174. The highest BCUT2D eigenvalue weighted by Crippen LogP contribution is 2.19. The van der Waals surface area contributed by atoms with E-state index in [1.165, 1.54) is 18.2 Å². The highest BCUT2D eigenvalue weighted by Gasteiger charge is 2.29. The Morgan fingerprint density at radius 3 is 2.56 bits per heavy atom. The summed E-state index contributed by atoms with van der Waals surface area (Å²) in [5, 5.41) is 1.23. The summed E-state index contributed by atoms with van der Waals surface area (Å²) in [6.45, 7) is 4.76. The minimum absolute atomic E-state index is 0.0448. The van der Waals surface area contributed by atoms with E-state index in [1.54, 1.807) is 11.9 Å². The summed E-state index contributed by atoms with van der Waals surface area (Å²) in [6.07, 6.45) is 2.45. The molecule has 0 unspecified atom stereocenters. The van der Waals surface area contributed by atoms with Crippen molar-refractivity contribution in [1.29, 1.82) is 0 Å². The number of piperidine rings is 1. The lowest BCUT2D eigenvalue weighted by Gasteiger charge is -2.31. The molecule has 6 nitrogen and oxygen atoms in total. The van der Waals surface area contributed by atoms with E-state index in [2.05, 4.69) is 6.58 Å². The monoisotopic (exact) mass is 256 g/mol. The molecule has 0 aliphatic carbocycles. The molecular weight excluding hydrogens is 236 g/mol. The van der Waals surface area contributed by atoms with Crippen LogP contribution in [0, 0.1) is 5.92 Å². The van der Waals surface area contributed by atoms with Gasteiger partial charge in [0.2, 0.25) is 5.91 Å². The highest BCUT2D eigenvalue weighted by atomic mass is 16.7. The van der Waals surface area contributed by atoms with Gasteiger partial charge in [0.25, 0.3) is 0 Å². The maximum atomic E-state index is 11.8. The Hall–Kier alpha value is -1.56. The molecule has 1 heterocycles. The number of hydrogen-bond donors (Lipinski definition) is 0. The van der Waals surface area contributed by atoms with Crippen molar-refractivity contribution in [3.8, 4) is 0 Å². The number of amides is 2. The van der Waals surface area contributed by atoms with Gasteiger partial charge in [-0.15, -0.1) is 0 Å². The van der Waals surface area contributed by atoms with E-state index in [1.807, 2.05) is 0 Å². The molecule has 0 atom stereocenters. The Kier molecular flexibility index (Phi) is 5.64. The van der Waals surface area contributed by atoms with Gasteiger partial charge in [-0.05, 0) is 12.8 Å². The molecule has 0 aromatic carbocycles. The van der Waals surface area contributed by atoms with Crippen LogP contribution in [-0.2, 0) is 14.4 Å². The first kappa shape index (κ1) is 14.5. The summed E-state index contributed by atoms with van der Waals surface area (Å²) in [7, 11) is 3.05. The molecular formula is C12H20N2O4. The van der Waals surface area contributed by atoms with E-state index >= 15 is 0 Å². The summed E-state index contributed by atoms with van der Waals surface area (Å²) in [6, 6.07) is 0. The van der Waals surface area contributed by atoms with E-state index in [0.717, 1.165) is 0 Å². The zero-order valence-corrected chi connectivity index (χ0v) is 10.9. The SMILES string of the molecule is C=CCOC(=O)N1CCC(C(=O)N(C)OC)CC1. The molecule has 1 aliphatic heterocycles. The third-order valence-corrected chi connectivity index (χ3v) is 3.01. The van der Waals surface area contributed by atoms with Crippen LogP contribution in [0.2, 0.25) is 0 Å². The maximum absolute atomic E-state index is 11.8. The second-order valence-corrected chi connectivity index (χ2v) is 4.15. The van der Waals surface area contributed by atoms with Gasteiger partial charge < -0.3 is 9.64 Å². The average Bonchev–Trinajstić information content (AvgIpc) is 2.43. The van der Waals surface area contributed by atoms with Crippen LogP contribution >= 0.6 is 0 Å². The van der Waals surface area contributed by atoms with E-state index in [9.17, 15) is 9.59 Å². The molecule has 0 N–H and O–H groups in total. The van der Waals surface area contributed by atoms with Gasteiger partial charge in [-0.1, -0.05) is 12.7 Å². The van der Waals surface area contributed by atoms with Crippen LogP contribution in [0.1, 0.15) is 12.8 Å². The van der Waals surface area contributed by atoms with Gasteiger partial charge in [0.1, 0.15) is 6.61 Å². The number of carbonyl (C=O) groups excluding carboxylic acids is 2. The second kappa shape index (κ2) is 7.00. The third-order valence-electron chi connectivity index (χ3n) is 3.01. The first-order valence-corrected chi connectivity index (χ1v) is 5.94. The van der Waals surface area contributed by atoms with Crippen LogP contribution in [0.5, 0.6) is 0 Å². The van der Waals surface area contributed by atoms with Crippen LogP contribution in [0.4, 0.5) is 4.79 Å². The Balaban J connectivity index is 2.38. The molecule has 0 spiro atoms. The lowest BCUT2D eigenvalue weighted by atomic mass is 9.96. The molecule has 0 aromatic heterocycles. The predicted octanol–water partition coefficient (Wildman–Crippen LogP) is 1.04. The van der Waals surface area contributed by atoms with Crippen molar-refractivity contribution in [3.63, 3.8) is 0 Å². The molecule has 1 aliphatic rings. The fourth-order valence-corrected chi connectivity index (χ4v) is 1.88. The summed E-state index contributed by atoms with van der Waals surface area (Å²) in [5.41, 5.74) is 0. The molecule has 1 saturated heterocycles. The lowest BCUT2D eigenvalue weighted by Crippen LogP contribution is -2.43. The quantitative estimate of drug-likeness (QED) is 0.557. The van der Waals surface area contributed by atoms with Crippen LogP contribution in [0.25, 0.3) is 0 Å². The molecule has 0 saturated carbocycles. The zero-order chi connectivity index (χ0) is 13.5. The molecule has 102 valence electrons. The Labute approximate surface area is 107 Å². The molecule has 1 rings (SSSR count). The minimum Gasteiger partial charge on any atom is -0.445 e. The topological polar surface area (TPSA) is 59.1 Å². The van der Waals surface area contributed by atoms with Crippen LogP contribution in [0.3, 0.4) is 0 Å². The van der Waals surface area contributed by atoms with E-state index in [-0.39, 0.29) is 24.5 Å². The minimum atomic E-state index is -0.346. The first-order chi connectivity index (χ1) is 8.60. The standard InChI is InChI=1S/C12H20N2O4/c1-4-9-18-12(16)14-7-5-10(6-8-14)11(15)13(2)17-3/h4,10H,1,5-9H2,2-3H3.